The lowest BCUT2D eigenvalue weighted by atomic mass is 10.0. The maximum absolute atomic E-state index is 12.9. The van der Waals surface area contributed by atoms with E-state index >= 15 is 0 Å². The van der Waals surface area contributed by atoms with E-state index < -0.39 is 26.9 Å². The maximum atomic E-state index is 12.9. The maximum Gasteiger partial charge on any atom is 0.151 e. The van der Waals surface area contributed by atoms with Crippen LogP contribution in [0.2, 0.25) is 5.02 Å². The first kappa shape index (κ1) is 14.4. The monoisotopic (exact) mass is 279 g/mol. The summed E-state index contributed by atoms with van der Waals surface area (Å²) in [5, 5.41) is -0.631. The Hall–Kier alpha value is -0.650. The number of hydrogen-bond acceptors (Lipinski definition) is 3. The first-order valence-electron chi connectivity index (χ1n) is 5.10. The van der Waals surface area contributed by atoms with Crippen LogP contribution in [0.15, 0.2) is 18.2 Å². The molecule has 1 rings (SSSR count). The van der Waals surface area contributed by atoms with E-state index in [1.165, 1.54) is 12.1 Å². The standard InChI is InChI=1S/C11H15ClFNO2S/c1-7(17(2,15)16)11(14)6-8-3-4-10(13)9(12)5-8/h3-5,7,11H,6,14H2,1-2H3. The van der Waals surface area contributed by atoms with Gasteiger partial charge in [0.2, 0.25) is 0 Å². The van der Waals surface area contributed by atoms with E-state index in [-0.39, 0.29) is 5.02 Å². The highest BCUT2D eigenvalue weighted by atomic mass is 35.5. The van der Waals surface area contributed by atoms with Crippen LogP contribution >= 0.6 is 11.6 Å². The number of rotatable bonds is 4. The van der Waals surface area contributed by atoms with Gasteiger partial charge in [-0.15, -0.1) is 0 Å². The van der Waals surface area contributed by atoms with Gasteiger partial charge in [0.05, 0.1) is 10.3 Å². The van der Waals surface area contributed by atoms with Crippen molar-refractivity contribution in [3.63, 3.8) is 0 Å². The molecule has 0 amide bonds. The van der Waals surface area contributed by atoms with Gasteiger partial charge < -0.3 is 5.73 Å². The summed E-state index contributed by atoms with van der Waals surface area (Å²) in [4.78, 5) is 0. The van der Waals surface area contributed by atoms with Gasteiger partial charge in [-0.05, 0) is 31.0 Å². The second kappa shape index (κ2) is 5.33. The van der Waals surface area contributed by atoms with Gasteiger partial charge in [0.25, 0.3) is 0 Å². The second-order valence-electron chi connectivity index (χ2n) is 4.15. The number of halogens is 2. The topological polar surface area (TPSA) is 60.2 Å². The van der Waals surface area contributed by atoms with Crippen molar-refractivity contribution in [1.82, 2.24) is 0 Å². The Morgan fingerprint density at radius 1 is 1.47 bits per heavy atom. The Bertz CT molecular complexity index is 504. The number of sulfone groups is 1. The molecule has 2 N–H and O–H groups in total. The molecule has 0 aliphatic carbocycles. The van der Waals surface area contributed by atoms with Crippen molar-refractivity contribution in [2.75, 3.05) is 6.26 Å². The number of hydrogen-bond donors (Lipinski definition) is 1. The Morgan fingerprint density at radius 3 is 2.53 bits per heavy atom. The molecule has 0 aromatic heterocycles. The van der Waals surface area contributed by atoms with Crippen molar-refractivity contribution in [1.29, 1.82) is 0 Å². The van der Waals surface area contributed by atoms with Crippen LogP contribution in [-0.4, -0.2) is 26.0 Å². The van der Waals surface area contributed by atoms with Crippen molar-refractivity contribution < 1.29 is 12.8 Å². The molecule has 0 aliphatic heterocycles. The van der Waals surface area contributed by atoms with Gasteiger partial charge in [0.1, 0.15) is 5.82 Å². The summed E-state index contributed by atoms with van der Waals surface area (Å²) >= 11 is 5.63. The normalized spacial score (nSPS) is 15.6. The minimum absolute atomic E-state index is 0.0155. The molecule has 2 unspecified atom stereocenters. The minimum atomic E-state index is -3.17. The highest BCUT2D eigenvalue weighted by Crippen LogP contribution is 2.18. The second-order valence-corrected chi connectivity index (χ2v) is 6.96. The van der Waals surface area contributed by atoms with Crippen molar-refractivity contribution in [3.05, 3.63) is 34.6 Å². The van der Waals surface area contributed by atoms with Crippen molar-refractivity contribution >= 4 is 21.4 Å². The van der Waals surface area contributed by atoms with Gasteiger partial charge in [0, 0.05) is 12.3 Å². The fourth-order valence-electron chi connectivity index (χ4n) is 1.42. The van der Waals surface area contributed by atoms with Gasteiger partial charge in [0.15, 0.2) is 9.84 Å². The highest BCUT2D eigenvalue weighted by molar-refractivity contribution is 7.91. The molecule has 0 saturated carbocycles. The molecule has 96 valence electrons. The summed E-state index contributed by atoms with van der Waals surface area (Å²) in [6.07, 6.45) is 1.49. The van der Waals surface area contributed by atoms with Crippen molar-refractivity contribution in [3.8, 4) is 0 Å². The number of benzene rings is 1. The zero-order valence-corrected chi connectivity index (χ0v) is 11.2. The summed E-state index contributed by atoms with van der Waals surface area (Å²) in [5.74, 6) is -0.500. The van der Waals surface area contributed by atoms with E-state index in [0.717, 1.165) is 11.8 Å². The van der Waals surface area contributed by atoms with Crippen LogP contribution in [0, 0.1) is 5.82 Å². The van der Waals surface area contributed by atoms with E-state index in [2.05, 4.69) is 0 Å². The van der Waals surface area contributed by atoms with E-state index in [1.807, 2.05) is 0 Å². The lowest BCUT2D eigenvalue weighted by molar-refractivity contribution is 0.561. The summed E-state index contributed by atoms with van der Waals surface area (Å²) in [6.45, 7) is 1.56. The van der Waals surface area contributed by atoms with Gasteiger partial charge in [-0.25, -0.2) is 12.8 Å². The SMILES string of the molecule is CC(C(N)Cc1ccc(F)c(Cl)c1)S(C)(=O)=O. The smallest absolute Gasteiger partial charge is 0.151 e. The summed E-state index contributed by atoms with van der Waals surface area (Å²) in [7, 11) is -3.17. The molecule has 3 nitrogen and oxygen atoms in total. The van der Waals surface area contributed by atoms with Gasteiger partial charge >= 0.3 is 0 Å². The average molecular weight is 280 g/mol. The lowest BCUT2D eigenvalue weighted by Gasteiger charge is -2.18. The van der Waals surface area contributed by atoms with Crippen molar-refractivity contribution in [2.45, 2.75) is 24.6 Å². The van der Waals surface area contributed by atoms with Crippen LogP contribution in [-0.2, 0) is 16.3 Å². The Balaban J connectivity index is 2.81. The van der Waals surface area contributed by atoms with E-state index in [0.29, 0.717) is 6.42 Å². The Labute approximate surface area is 106 Å². The molecule has 0 fully saturated rings. The van der Waals surface area contributed by atoms with Crippen LogP contribution in [0.5, 0.6) is 0 Å². The van der Waals surface area contributed by atoms with Crippen molar-refractivity contribution in [2.24, 2.45) is 5.73 Å². The fourth-order valence-corrected chi connectivity index (χ4v) is 2.36. The van der Waals surface area contributed by atoms with E-state index in [1.54, 1.807) is 13.0 Å². The minimum Gasteiger partial charge on any atom is -0.326 e. The predicted octanol–water partition coefficient (Wildman–Crippen LogP) is 1.78. The first-order valence-corrected chi connectivity index (χ1v) is 7.43. The molecular formula is C11H15ClFNO2S. The Kier molecular flexibility index (Phi) is 4.52. The fraction of sp³-hybridized carbons (Fsp3) is 0.455. The third-order valence-corrected chi connectivity index (χ3v) is 4.72. The Morgan fingerprint density at radius 2 is 2.06 bits per heavy atom. The molecule has 0 saturated heterocycles. The average Bonchev–Trinajstić information content (AvgIpc) is 2.21. The molecule has 1 aromatic rings. The van der Waals surface area contributed by atoms with Crippen LogP contribution in [0.1, 0.15) is 12.5 Å². The van der Waals surface area contributed by atoms with E-state index in [4.69, 9.17) is 17.3 Å². The largest absolute Gasteiger partial charge is 0.326 e. The molecule has 0 radical (unpaired) electrons. The van der Waals surface area contributed by atoms with Crippen LogP contribution in [0.3, 0.4) is 0 Å². The van der Waals surface area contributed by atoms with Crippen LogP contribution in [0.4, 0.5) is 4.39 Å². The summed E-state index contributed by atoms with van der Waals surface area (Å²) in [5.41, 5.74) is 6.53. The lowest BCUT2D eigenvalue weighted by Crippen LogP contribution is -2.39. The molecule has 0 heterocycles. The predicted molar refractivity (Wildman–Crippen MR) is 67.4 cm³/mol. The van der Waals surface area contributed by atoms with E-state index in [9.17, 15) is 12.8 Å². The first-order chi connectivity index (χ1) is 7.71. The third-order valence-electron chi connectivity index (χ3n) is 2.73. The molecule has 17 heavy (non-hydrogen) atoms. The van der Waals surface area contributed by atoms with Gasteiger partial charge in [-0.1, -0.05) is 17.7 Å². The zero-order valence-electron chi connectivity index (χ0n) is 9.65. The molecule has 2 atom stereocenters. The molecule has 1 aromatic carbocycles. The van der Waals surface area contributed by atoms with Crippen LogP contribution < -0.4 is 5.73 Å². The molecule has 0 spiro atoms. The summed E-state index contributed by atoms with van der Waals surface area (Å²) < 4.78 is 35.6. The molecule has 6 heteroatoms. The molecular weight excluding hydrogens is 265 g/mol. The third kappa shape index (κ3) is 3.94. The van der Waals surface area contributed by atoms with Crippen LogP contribution in [0.25, 0.3) is 0 Å². The molecule has 0 aliphatic rings. The quantitative estimate of drug-likeness (QED) is 0.914. The zero-order chi connectivity index (χ0) is 13.2. The highest BCUT2D eigenvalue weighted by Gasteiger charge is 2.22. The summed E-state index contributed by atoms with van der Waals surface area (Å²) in [6, 6.07) is 3.73. The number of nitrogens with two attached hydrogens (primary N) is 1. The molecule has 0 bridgehead atoms. The van der Waals surface area contributed by atoms with Gasteiger partial charge in [-0.3, -0.25) is 0 Å². The van der Waals surface area contributed by atoms with Gasteiger partial charge in [-0.2, -0.15) is 0 Å².